The number of nitrogen functional groups attached to an aromatic ring is 1. The molecule has 6 nitrogen and oxygen atoms in total. The third-order valence-electron chi connectivity index (χ3n) is 4.76. The lowest BCUT2D eigenvalue weighted by Gasteiger charge is -2.17. The van der Waals surface area contributed by atoms with Gasteiger partial charge in [-0.2, -0.15) is 0 Å². The zero-order chi connectivity index (χ0) is 20.2. The molecule has 3 aromatic rings. The normalized spacial score (nSPS) is 15.9. The number of nitrogens with two attached hydrogens (primary N) is 1. The van der Waals surface area contributed by atoms with E-state index in [9.17, 15) is 18.0 Å². The Balaban J connectivity index is 2.00. The number of anilines is 2. The highest BCUT2D eigenvalue weighted by atomic mass is 35.5. The number of carbonyl (C=O) groups excluding carboxylic acids is 1. The van der Waals surface area contributed by atoms with Crippen LogP contribution in [-0.4, -0.2) is 28.9 Å². The predicted octanol–water partition coefficient (Wildman–Crippen LogP) is 3.55. The Morgan fingerprint density at radius 3 is 2.82 bits per heavy atom. The molecule has 4 rings (SSSR count). The first-order valence-corrected chi connectivity index (χ1v) is 8.74. The number of carbonyl (C=O) groups is 1. The van der Waals surface area contributed by atoms with E-state index in [1.165, 1.54) is 18.2 Å². The van der Waals surface area contributed by atoms with Gasteiger partial charge in [-0.3, -0.25) is 4.79 Å². The van der Waals surface area contributed by atoms with Crippen LogP contribution in [0.5, 0.6) is 0 Å². The minimum absolute atomic E-state index is 0.120. The van der Waals surface area contributed by atoms with Gasteiger partial charge in [0.1, 0.15) is 11.3 Å². The fraction of sp³-hybridized carbons (Fsp3) is 0.222. The summed E-state index contributed by atoms with van der Waals surface area (Å²) in [5.41, 5.74) is 7.92. The van der Waals surface area contributed by atoms with Crippen molar-refractivity contribution in [3.63, 3.8) is 0 Å². The van der Waals surface area contributed by atoms with E-state index < -0.39 is 30.7 Å². The summed E-state index contributed by atoms with van der Waals surface area (Å²) >= 11 is 6.23. The molecule has 0 fully saturated rings. The van der Waals surface area contributed by atoms with E-state index >= 15 is 0 Å². The van der Waals surface area contributed by atoms with Gasteiger partial charge in [-0.05, 0) is 24.3 Å². The van der Waals surface area contributed by atoms with Gasteiger partial charge in [-0.25, -0.2) is 18.2 Å². The number of nitrogens with zero attached hydrogens (tertiary/aromatic N) is 2. The second-order valence-corrected chi connectivity index (χ2v) is 6.78. The van der Waals surface area contributed by atoms with Gasteiger partial charge in [0.2, 0.25) is 5.95 Å². The Morgan fingerprint density at radius 2 is 2.14 bits per heavy atom. The van der Waals surface area contributed by atoms with Gasteiger partial charge >= 0.3 is 0 Å². The van der Waals surface area contributed by atoms with Crippen LogP contribution in [0.2, 0.25) is 5.02 Å². The fourth-order valence-electron chi connectivity index (χ4n) is 3.60. The molecular formula is C18H15ClF3N5O. The number of rotatable bonds is 4. The maximum absolute atomic E-state index is 13.8. The van der Waals surface area contributed by atoms with Crippen LogP contribution in [-0.2, 0) is 6.54 Å². The Kier molecular flexibility index (Phi) is 4.34. The van der Waals surface area contributed by atoms with Crippen molar-refractivity contribution in [3.8, 4) is 0 Å². The number of alkyl halides is 2. The van der Waals surface area contributed by atoms with Crippen LogP contribution >= 0.6 is 11.6 Å². The molecule has 146 valence electrons. The lowest BCUT2D eigenvalue weighted by molar-refractivity contribution is 0.0961. The fourth-order valence-corrected chi connectivity index (χ4v) is 3.83. The van der Waals surface area contributed by atoms with Crippen molar-refractivity contribution in [1.29, 1.82) is 0 Å². The molecule has 28 heavy (non-hydrogen) atoms. The summed E-state index contributed by atoms with van der Waals surface area (Å²) in [6.07, 6.45) is -2.64. The summed E-state index contributed by atoms with van der Waals surface area (Å²) < 4.78 is 40.9. The smallest absolute Gasteiger partial charge is 0.256 e. The molecule has 0 saturated carbocycles. The number of aromatic nitrogens is 2. The molecule has 0 radical (unpaired) electrons. The van der Waals surface area contributed by atoms with E-state index in [4.69, 9.17) is 17.3 Å². The number of hydrogen-bond acceptors (Lipinski definition) is 4. The van der Waals surface area contributed by atoms with E-state index in [0.717, 1.165) is 4.57 Å². The largest absolute Gasteiger partial charge is 0.388 e. The van der Waals surface area contributed by atoms with Crippen molar-refractivity contribution in [2.24, 2.45) is 0 Å². The number of imidazole rings is 1. The number of nitrogens with one attached hydrogen (secondary N) is 2. The summed E-state index contributed by atoms with van der Waals surface area (Å²) in [7, 11) is 1.63. The van der Waals surface area contributed by atoms with Gasteiger partial charge in [-0.1, -0.05) is 11.6 Å². The van der Waals surface area contributed by atoms with Crippen LogP contribution in [0.4, 0.5) is 24.8 Å². The minimum atomic E-state index is -2.64. The highest BCUT2D eigenvalue weighted by Gasteiger charge is 2.37. The maximum atomic E-state index is 13.8. The average molecular weight is 410 g/mol. The van der Waals surface area contributed by atoms with Crippen LogP contribution in [0.15, 0.2) is 24.3 Å². The van der Waals surface area contributed by atoms with Crippen molar-refractivity contribution < 1.29 is 18.0 Å². The molecule has 4 N–H and O–H groups in total. The molecular weight excluding hydrogens is 395 g/mol. The molecule has 1 aromatic heterocycles. The molecule has 1 aliphatic heterocycles. The molecule has 2 heterocycles. The molecule has 10 heteroatoms. The van der Waals surface area contributed by atoms with Gasteiger partial charge < -0.3 is 20.9 Å². The van der Waals surface area contributed by atoms with Crippen molar-refractivity contribution in [3.05, 3.63) is 51.8 Å². The summed E-state index contributed by atoms with van der Waals surface area (Å²) in [6, 6.07) is 4.75. The van der Waals surface area contributed by atoms with Crippen LogP contribution < -0.4 is 16.4 Å². The molecule has 2 aromatic carbocycles. The van der Waals surface area contributed by atoms with E-state index in [1.807, 2.05) is 0 Å². The van der Waals surface area contributed by atoms with Gasteiger partial charge in [-0.15, -0.1) is 0 Å². The number of benzene rings is 2. The summed E-state index contributed by atoms with van der Waals surface area (Å²) in [5.74, 6) is -1.09. The van der Waals surface area contributed by atoms with Crippen molar-refractivity contribution in [2.45, 2.75) is 19.0 Å². The standard InChI is InChI=1S/C18H15ClF3N5O/c1-24-10-5-11-16(26-18(23)27(11)6-12(21)22)14-13(10)15(25-17(14)28)8-4-7(20)2-3-9(8)19/h2-5,12,15,24H,6H2,1H3,(H2,23,26)(H,25,28). The number of halogens is 4. The molecule has 0 saturated heterocycles. The van der Waals surface area contributed by atoms with Crippen molar-refractivity contribution >= 4 is 40.2 Å². The lowest BCUT2D eigenvalue weighted by Crippen LogP contribution is -2.20. The Morgan fingerprint density at radius 1 is 1.39 bits per heavy atom. The molecule has 1 atom stereocenters. The van der Waals surface area contributed by atoms with Gasteiger partial charge in [0, 0.05) is 28.9 Å². The van der Waals surface area contributed by atoms with E-state index in [2.05, 4.69) is 15.6 Å². The predicted molar refractivity (Wildman–Crippen MR) is 100 cm³/mol. The highest BCUT2D eigenvalue weighted by Crippen LogP contribution is 2.42. The third-order valence-corrected chi connectivity index (χ3v) is 5.11. The van der Waals surface area contributed by atoms with Crippen LogP contribution in [0.25, 0.3) is 11.0 Å². The first-order valence-electron chi connectivity index (χ1n) is 8.36. The van der Waals surface area contributed by atoms with Gasteiger partial charge in [0.25, 0.3) is 12.3 Å². The second kappa shape index (κ2) is 6.59. The quantitative estimate of drug-likeness (QED) is 0.615. The van der Waals surface area contributed by atoms with Gasteiger partial charge in [0.05, 0.1) is 23.7 Å². The van der Waals surface area contributed by atoms with Gasteiger partial charge in [0.15, 0.2) is 0 Å². The Bertz CT molecular complexity index is 1110. The Labute approximate surface area is 162 Å². The summed E-state index contributed by atoms with van der Waals surface area (Å²) in [6.45, 7) is -0.648. The van der Waals surface area contributed by atoms with E-state index in [-0.39, 0.29) is 22.1 Å². The molecule has 1 amide bonds. The average Bonchev–Trinajstić information content (AvgIpc) is 3.14. The molecule has 1 unspecified atom stereocenters. The number of amides is 1. The maximum Gasteiger partial charge on any atom is 0.256 e. The highest BCUT2D eigenvalue weighted by molar-refractivity contribution is 6.31. The van der Waals surface area contributed by atoms with Crippen LogP contribution in [0.3, 0.4) is 0 Å². The first kappa shape index (κ1) is 18.4. The molecule has 0 bridgehead atoms. The SMILES string of the molecule is CNc1cc2c(nc(N)n2CC(F)F)c2c1C(c1cc(F)ccc1Cl)NC2=O. The Hall–Kier alpha value is -2.94. The number of hydrogen-bond donors (Lipinski definition) is 3. The second-order valence-electron chi connectivity index (χ2n) is 6.37. The van der Waals surface area contributed by atoms with Crippen LogP contribution in [0.1, 0.15) is 27.5 Å². The zero-order valence-electron chi connectivity index (χ0n) is 14.6. The molecule has 0 aliphatic carbocycles. The minimum Gasteiger partial charge on any atom is -0.388 e. The van der Waals surface area contributed by atoms with E-state index in [1.54, 1.807) is 13.1 Å². The van der Waals surface area contributed by atoms with E-state index in [0.29, 0.717) is 22.3 Å². The summed E-state index contributed by atoms with van der Waals surface area (Å²) in [4.78, 5) is 16.9. The molecule has 0 spiro atoms. The molecule has 1 aliphatic rings. The monoisotopic (exact) mass is 409 g/mol. The lowest BCUT2D eigenvalue weighted by atomic mass is 9.95. The topological polar surface area (TPSA) is 85.0 Å². The van der Waals surface area contributed by atoms with Crippen molar-refractivity contribution in [1.82, 2.24) is 14.9 Å². The third kappa shape index (κ3) is 2.73. The number of fused-ring (bicyclic) bond motifs is 3. The zero-order valence-corrected chi connectivity index (χ0v) is 15.3. The summed E-state index contributed by atoms with van der Waals surface area (Å²) in [5, 5.41) is 6.02. The first-order chi connectivity index (χ1) is 13.3. The van der Waals surface area contributed by atoms with Crippen LogP contribution in [0, 0.1) is 5.82 Å². The van der Waals surface area contributed by atoms with Crippen molar-refractivity contribution in [2.75, 3.05) is 18.1 Å².